The molecule has 0 spiro atoms. The fourth-order valence-corrected chi connectivity index (χ4v) is 3.63. The molecule has 1 heterocycles. The van der Waals surface area contributed by atoms with Crippen LogP contribution in [0.2, 0.25) is 0 Å². The molecule has 4 aromatic rings. The summed E-state index contributed by atoms with van der Waals surface area (Å²) in [6, 6.07) is 20.4. The Kier molecular flexibility index (Phi) is 6.26. The Balaban J connectivity index is 1.42. The van der Waals surface area contributed by atoms with E-state index in [1.54, 1.807) is 30.9 Å². The van der Waals surface area contributed by atoms with Crippen molar-refractivity contribution in [2.75, 3.05) is 19.5 Å². The van der Waals surface area contributed by atoms with Crippen LogP contribution >= 0.6 is 0 Å². The predicted molar refractivity (Wildman–Crippen MR) is 123 cm³/mol. The number of nitrogens with zero attached hydrogens (tertiary/aromatic N) is 1. The van der Waals surface area contributed by atoms with Crippen LogP contribution in [0.4, 0.5) is 5.69 Å². The maximum atomic E-state index is 12.5. The number of carbonyl (C=O) groups is 1. The van der Waals surface area contributed by atoms with Gasteiger partial charge in [0.1, 0.15) is 11.5 Å². The third-order valence-electron chi connectivity index (χ3n) is 5.24. The highest BCUT2D eigenvalue weighted by atomic mass is 16.5. The number of nitrogens with one attached hydrogen (secondary N) is 1. The summed E-state index contributed by atoms with van der Waals surface area (Å²) in [6.07, 6.45) is 0.784. The van der Waals surface area contributed by atoms with E-state index in [9.17, 15) is 9.59 Å². The smallest absolute Gasteiger partial charge is 0.419 e. The van der Waals surface area contributed by atoms with E-state index < -0.39 is 5.76 Å². The zero-order chi connectivity index (χ0) is 22.5. The molecule has 0 aliphatic rings. The second-order valence-corrected chi connectivity index (χ2v) is 7.28. The lowest BCUT2D eigenvalue weighted by Gasteiger charge is -2.12. The lowest BCUT2D eigenvalue weighted by molar-refractivity contribution is -0.116. The van der Waals surface area contributed by atoms with Gasteiger partial charge in [-0.3, -0.25) is 9.36 Å². The molecule has 0 atom stereocenters. The van der Waals surface area contributed by atoms with Crippen LogP contribution in [0.15, 0.2) is 75.9 Å². The molecular formula is C25H24N2O5. The number of benzene rings is 3. The first-order valence-electron chi connectivity index (χ1n) is 10.3. The number of amides is 1. The molecule has 7 nitrogen and oxygen atoms in total. The minimum Gasteiger partial charge on any atom is -0.497 e. The first kappa shape index (κ1) is 21.2. The van der Waals surface area contributed by atoms with Gasteiger partial charge in [-0.1, -0.05) is 24.3 Å². The molecule has 0 saturated carbocycles. The van der Waals surface area contributed by atoms with E-state index >= 15 is 0 Å². The molecule has 0 unspecified atom stereocenters. The summed E-state index contributed by atoms with van der Waals surface area (Å²) in [5.74, 6) is 0.934. The molecule has 1 N–H and O–H groups in total. The quantitative estimate of drug-likeness (QED) is 0.436. The molecule has 0 saturated heterocycles. The van der Waals surface area contributed by atoms with Crippen LogP contribution in [0, 0.1) is 0 Å². The normalized spacial score (nSPS) is 10.8. The minimum atomic E-state index is -0.411. The summed E-state index contributed by atoms with van der Waals surface area (Å²) >= 11 is 0. The van der Waals surface area contributed by atoms with Crippen molar-refractivity contribution in [2.45, 2.75) is 19.4 Å². The summed E-state index contributed by atoms with van der Waals surface area (Å²) < 4.78 is 17.5. The van der Waals surface area contributed by atoms with Crippen LogP contribution in [-0.2, 0) is 11.3 Å². The molecule has 164 valence electrons. The largest absolute Gasteiger partial charge is 0.497 e. The zero-order valence-corrected chi connectivity index (χ0v) is 18.0. The Morgan fingerprint density at radius 1 is 1.00 bits per heavy atom. The second kappa shape index (κ2) is 9.43. The molecule has 0 bridgehead atoms. The Hall–Kier alpha value is -4.00. The molecule has 3 aromatic carbocycles. The fraction of sp³-hybridized carbons (Fsp3) is 0.200. The number of ether oxygens (including phenoxy) is 2. The molecule has 1 amide bonds. The molecule has 7 heteroatoms. The van der Waals surface area contributed by atoms with Gasteiger partial charge >= 0.3 is 5.76 Å². The van der Waals surface area contributed by atoms with E-state index in [0.717, 1.165) is 22.4 Å². The highest BCUT2D eigenvalue weighted by Crippen LogP contribution is 2.33. The maximum Gasteiger partial charge on any atom is 0.419 e. The van der Waals surface area contributed by atoms with E-state index in [4.69, 9.17) is 13.9 Å². The van der Waals surface area contributed by atoms with Gasteiger partial charge in [-0.05, 0) is 54.4 Å². The molecule has 4 rings (SSSR count). The molecule has 1 aromatic heterocycles. The summed E-state index contributed by atoms with van der Waals surface area (Å²) in [7, 11) is 3.24. The Morgan fingerprint density at radius 3 is 2.53 bits per heavy atom. The number of methoxy groups -OCH3 is 2. The van der Waals surface area contributed by atoms with Crippen molar-refractivity contribution in [2.24, 2.45) is 0 Å². The van der Waals surface area contributed by atoms with Gasteiger partial charge in [-0.25, -0.2) is 4.79 Å². The van der Waals surface area contributed by atoms with Crippen LogP contribution in [0.3, 0.4) is 0 Å². The Bertz CT molecular complexity index is 1290. The molecule has 0 radical (unpaired) electrons. The number of aryl methyl sites for hydroxylation is 1. The summed E-state index contributed by atoms with van der Waals surface area (Å²) in [6.45, 7) is 0.406. The second-order valence-electron chi connectivity index (χ2n) is 7.28. The monoisotopic (exact) mass is 432 g/mol. The minimum absolute atomic E-state index is 0.128. The van der Waals surface area contributed by atoms with Crippen LogP contribution in [-0.4, -0.2) is 24.7 Å². The van der Waals surface area contributed by atoms with Crippen LogP contribution in [0.5, 0.6) is 11.5 Å². The van der Waals surface area contributed by atoms with Crippen molar-refractivity contribution in [3.05, 3.63) is 77.3 Å². The third-order valence-corrected chi connectivity index (χ3v) is 5.24. The van der Waals surface area contributed by atoms with Crippen LogP contribution < -0.4 is 20.5 Å². The summed E-state index contributed by atoms with van der Waals surface area (Å²) in [4.78, 5) is 24.6. The fourth-order valence-electron chi connectivity index (χ4n) is 3.63. The van der Waals surface area contributed by atoms with E-state index in [1.165, 1.54) is 0 Å². The Labute approximate surface area is 185 Å². The zero-order valence-electron chi connectivity index (χ0n) is 18.0. The van der Waals surface area contributed by atoms with Gasteiger partial charge in [0, 0.05) is 24.2 Å². The number of fused-ring (bicyclic) bond motifs is 1. The lowest BCUT2D eigenvalue weighted by atomic mass is 10.0. The first-order valence-corrected chi connectivity index (χ1v) is 10.3. The number of rotatable bonds is 8. The summed E-state index contributed by atoms with van der Waals surface area (Å²) in [5, 5.41) is 2.93. The van der Waals surface area contributed by atoms with Gasteiger partial charge < -0.3 is 19.2 Å². The van der Waals surface area contributed by atoms with Crippen molar-refractivity contribution in [3.63, 3.8) is 0 Å². The number of aromatic nitrogens is 1. The van der Waals surface area contributed by atoms with E-state index in [1.807, 2.05) is 54.6 Å². The number of anilines is 1. The van der Waals surface area contributed by atoms with Gasteiger partial charge in [0.2, 0.25) is 5.91 Å². The number of hydrogen-bond acceptors (Lipinski definition) is 5. The number of oxazole rings is 1. The highest BCUT2D eigenvalue weighted by Gasteiger charge is 2.11. The topological polar surface area (TPSA) is 82.7 Å². The number of carbonyl (C=O) groups excluding carboxylic acids is 1. The van der Waals surface area contributed by atoms with Crippen molar-refractivity contribution >= 4 is 22.7 Å². The lowest BCUT2D eigenvalue weighted by Crippen LogP contribution is -2.17. The van der Waals surface area contributed by atoms with Crippen LogP contribution in [0.1, 0.15) is 12.8 Å². The van der Waals surface area contributed by atoms with Crippen molar-refractivity contribution in [1.82, 2.24) is 4.57 Å². The average molecular weight is 432 g/mol. The highest BCUT2D eigenvalue weighted by molar-refractivity contribution is 5.92. The van der Waals surface area contributed by atoms with Gasteiger partial charge in [-0.2, -0.15) is 0 Å². The maximum absolute atomic E-state index is 12.5. The van der Waals surface area contributed by atoms with Crippen molar-refractivity contribution < 1.29 is 18.7 Å². The van der Waals surface area contributed by atoms with Crippen LogP contribution in [0.25, 0.3) is 22.2 Å². The SMILES string of the molecule is COc1ccc(-c2cc(NC(=O)CCCn3c(=O)oc4ccccc43)ccc2OC)cc1. The van der Waals surface area contributed by atoms with Crippen molar-refractivity contribution in [1.29, 1.82) is 0 Å². The number of para-hydroxylation sites is 2. The van der Waals surface area contributed by atoms with Gasteiger partial charge in [0.15, 0.2) is 5.58 Å². The van der Waals surface area contributed by atoms with Gasteiger partial charge in [0.05, 0.1) is 19.7 Å². The van der Waals surface area contributed by atoms with Gasteiger partial charge in [0.25, 0.3) is 0 Å². The number of hydrogen-bond donors (Lipinski definition) is 1. The third kappa shape index (κ3) is 4.51. The predicted octanol–water partition coefficient (Wildman–Crippen LogP) is 4.70. The Morgan fingerprint density at radius 2 is 1.78 bits per heavy atom. The molecule has 32 heavy (non-hydrogen) atoms. The van der Waals surface area contributed by atoms with E-state index in [2.05, 4.69) is 5.32 Å². The van der Waals surface area contributed by atoms with E-state index in [0.29, 0.717) is 30.0 Å². The first-order chi connectivity index (χ1) is 15.6. The molecule has 0 aliphatic carbocycles. The molecule has 0 fully saturated rings. The van der Waals surface area contributed by atoms with Gasteiger partial charge in [-0.15, -0.1) is 0 Å². The summed E-state index contributed by atoms with van der Waals surface area (Å²) in [5.41, 5.74) is 3.77. The standard InChI is InChI=1S/C25H24N2O5/c1-30-19-12-9-17(10-13-19)20-16-18(11-14-22(20)31-2)26-24(28)8-5-15-27-21-6-3-4-7-23(21)32-25(27)29/h3-4,6-7,9-14,16H,5,8,15H2,1-2H3,(H,26,28). The van der Waals surface area contributed by atoms with E-state index in [-0.39, 0.29) is 12.3 Å². The average Bonchev–Trinajstić information content (AvgIpc) is 3.14. The van der Waals surface area contributed by atoms with Crippen molar-refractivity contribution in [3.8, 4) is 22.6 Å². The molecule has 0 aliphatic heterocycles. The molecular weight excluding hydrogens is 408 g/mol.